The summed E-state index contributed by atoms with van der Waals surface area (Å²) in [4.78, 5) is 21.4. The highest BCUT2D eigenvalue weighted by molar-refractivity contribution is 5.95. The van der Waals surface area contributed by atoms with Gasteiger partial charge in [-0.2, -0.15) is 0 Å². The first kappa shape index (κ1) is 17.3. The zero-order chi connectivity index (χ0) is 13.9. The van der Waals surface area contributed by atoms with Crippen LogP contribution in [0.25, 0.3) is 0 Å². The van der Waals surface area contributed by atoms with Crippen LogP contribution in [0.2, 0.25) is 0 Å². The highest BCUT2D eigenvalue weighted by atomic mass is 35.5. The summed E-state index contributed by atoms with van der Waals surface area (Å²) in [5, 5.41) is 13.0. The lowest BCUT2D eigenvalue weighted by Crippen LogP contribution is -2.49. The van der Waals surface area contributed by atoms with E-state index >= 15 is 0 Å². The molecule has 8 heteroatoms. The zero-order valence-electron chi connectivity index (χ0n) is 10.5. The third-order valence-electron chi connectivity index (χ3n) is 2.37. The third kappa shape index (κ3) is 4.46. The summed E-state index contributed by atoms with van der Waals surface area (Å²) in [6, 6.07) is 2.87. The summed E-state index contributed by atoms with van der Waals surface area (Å²) < 4.78 is 13.5. The Morgan fingerprint density at radius 2 is 2.11 bits per heavy atom. The number of hydrogen-bond acceptors (Lipinski definition) is 4. The first-order chi connectivity index (χ1) is 8.26. The van der Waals surface area contributed by atoms with Gasteiger partial charge in [0.25, 0.3) is 11.6 Å². The number of benzene rings is 1. The number of rotatable bonds is 4. The van der Waals surface area contributed by atoms with E-state index in [4.69, 9.17) is 5.73 Å². The Morgan fingerprint density at radius 1 is 1.53 bits per heavy atom. The summed E-state index contributed by atoms with van der Waals surface area (Å²) >= 11 is 0. The van der Waals surface area contributed by atoms with Gasteiger partial charge in [-0.3, -0.25) is 14.9 Å². The zero-order valence-corrected chi connectivity index (χ0v) is 11.3. The molecule has 0 aromatic heterocycles. The van der Waals surface area contributed by atoms with Crippen LogP contribution in [0, 0.1) is 15.9 Å². The number of nitrogens with one attached hydrogen (secondary N) is 1. The minimum atomic E-state index is -0.936. The number of non-ortho nitro benzene ring substituents is 1. The second kappa shape index (κ2) is 6.44. The predicted octanol–water partition coefficient (Wildman–Crippen LogP) is 1.62. The van der Waals surface area contributed by atoms with Gasteiger partial charge < -0.3 is 11.1 Å². The molecule has 0 unspecified atom stereocenters. The molecule has 0 saturated carbocycles. The molecule has 1 rings (SSSR count). The van der Waals surface area contributed by atoms with Crippen LogP contribution in [0.3, 0.4) is 0 Å². The Bertz CT molecular complexity index is 494. The van der Waals surface area contributed by atoms with Gasteiger partial charge in [0.2, 0.25) is 0 Å². The van der Waals surface area contributed by atoms with Crippen LogP contribution in [0.15, 0.2) is 18.2 Å². The molecule has 1 amide bonds. The Morgan fingerprint density at radius 3 is 2.53 bits per heavy atom. The van der Waals surface area contributed by atoms with Gasteiger partial charge in [-0.15, -0.1) is 12.4 Å². The van der Waals surface area contributed by atoms with Crippen molar-refractivity contribution in [3.63, 3.8) is 0 Å². The molecule has 0 aliphatic heterocycles. The van der Waals surface area contributed by atoms with E-state index in [9.17, 15) is 19.3 Å². The van der Waals surface area contributed by atoms with E-state index in [0.29, 0.717) is 6.07 Å². The summed E-state index contributed by atoms with van der Waals surface area (Å²) in [6.07, 6.45) is 0. The largest absolute Gasteiger partial charge is 0.346 e. The molecule has 0 aliphatic rings. The average Bonchev–Trinajstić information content (AvgIpc) is 2.28. The minimum absolute atomic E-state index is 0. The van der Waals surface area contributed by atoms with E-state index in [-0.39, 0.29) is 24.5 Å². The van der Waals surface area contributed by atoms with E-state index in [1.807, 2.05) is 0 Å². The van der Waals surface area contributed by atoms with Gasteiger partial charge in [0.1, 0.15) is 5.82 Å². The number of halogens is 2. The molecule has 0 aliphatic carbocycles. The van der Waals surface area contributed by atoms with Gasteiger partial charge in [0, 0.05) is 18.2 Å². The number of carbonyl (C=O) groups excluding carboxylic acids is 1. The number of nitrogens with zero attached hydrogens (tertiary/aromatic N) is 1. The minimum Gasteiger partial charge on any atom is -0.346 e. The topological polar surface area (TPSA) is 98.3 Å². The molecule has 1 aromatic rings. The van der Waals surface area contributed by atoms with Crippen molar-refractivity contribution in [2.75, 3.05) is 6.54 Å². The standard InChI is InChI=1S/C11H14FN3O3.ClH/c1-11(2,6-13)14-10(16)8-4-3-7(15(17)18)5-9(8)12;/h3-5H,6,13H2,1-2H3,(H,14,16);1H. The molecule has 3 N–H and O–H groups in total. The number of hydrogen-bond donors (Lipinski definition) is 2. The molecular formula is C11H15ClFN3O3. The van der Waals surface area contributed by atoms with E-state index < -0.39 is 27.9 Å². The van der Waals surface area contributed by atoms with Crippen LogP contribution < -0.4 is 11.1 Å². The molecule has 0 radical (unpaired) electrons. The van der Waals surface area contributed by atoms with E-state index in [0.717, 1.165) is 12.1 Å². The number of nitro benzene ring substituents is 1. The van der Waals surface area contributed by atoms with E-state index in [1.54, 1.807) is 13.8 Å². The van der Waals surface area contributed by atoms with Crippen molar-refractivity contribution in [2.24, 2.45) is 5.73 Å². The number of amides is 1. The Kier molecular flexibility index (Phi) is 5.85. The number of carbonyl (C=O) groups is 1. The molecule has 0 bridgehead atoms. The smallest absolute Gasteiger partial charge is 0.272 e. The van der Waals surface area contributed by atoms with Crippen LogP contribution in [-0.2, 0) is 0 Å². The van der Waals surface area contributed by atoms with Gasteiger partial charge in [0.05, 0.1) is 16.6 Å². The van der Waals surface area contributed by atoms with E-state index in [1.165, 1.54) is 0 Å². The molecule has 0 heterocycles. The second-order valence-corrected chi connectivity index (χ2v) is 4.46. The number of nitrogens with two attached hydrogens (primary N) is 1. The second-order valence-electron chi connectivity index (χ2n) is 4.46. The molecule has 0 saturated heterocycles. The molecular weight excluding hydrogens is 277 g/mol. The lowest BCUT2D eigenvalue weighted by atomic mass is 10.0. The fraction of sp³-hybridized carbons (Fsp3) is 0.364. The van der Waals surface area contributed by atoms with Crippen molar-refractivity contribution < 1.29 is 14.1 Å². The molecule has 19 heavy (non-hydrogen) atoms. The molecule has 106 valence electrons. The number of nitro groups is 1. The van der Waals surface area contributed by atoms with Gasteiger partial charge in [-0.05, 0) is 19.9 Å². The first-order valence-corrected chi connectivity index (χ1v) is 5.23. The predicted molar refractivity (Wildman–Crippen MR) is 70.9 cm³/mol. The maximum absolute atomic E-state index is 13.5. The molecule has 0 atom stereocenters. The lowest BCUT2D eigenvalue weighted by molar-refractivity contribution is -0.385. The molecule has 0 spiro atoms. The fourth-order valence-electron chi connectivity index (χ4n) is 1.23. The maximum Gasteiger partial charge on any atom is 0.272 e. The van der Waals surface area contributed by atoms with E-state index in [2.05, 4.69) is 5.32 Å². The lowest BCUT2D eigenvalue weighted by Gasteiger charge is -2.24. The van der Waals surface area contributed by atoms with Crippen molar-refractivity contribution in [2.45, 2.75) is 19.4 Å². The van der Waals surface area contributed by atoms with Crippen LogP contribution in [0.4, 0.5) is 10.1 Å². The van der Waals surface area contributed by atoms with Crippen molar-refractivity contribution in [3.8, 4) is 0 Å². The van der Waals surface area contributed by atoms with Crippen LogP contribution in [0.1, 0.15) is 24.2 Å². The summed E-state index contributed by atoms with van der Waals surface area (Å²) in [5.74, 6) is -1.59. The Labute approximate surface area is 115 Å². The van der Waals surface area contributed by atoms with Gasteiger partial charge in [-0.1, -0.05) is 0 Å². The monoisotopic (exact) mass is 291 g/mol. The maximum atomic E-state index is 13.5. The van der Waals surface area contributed by atoms with Crippen LogP contribution in [-0.4, -0.2) is 22.9 Å². The highest BCUT2D eigenvalue weighted by Crippen LogP contribution is 2.17. The third-order valence-corrected chi connectivity index (χ3v) is 2.37. The summed E-state index contributed by atoms with van der Waals surface area (Å²) in [5.41, 5.74) is 4.11. The molecule has 6 nitrogen and oxygen atoms in total. The molecule has 0 fully saturated rings. The average molecular weight is 292 g/mol. The van der Waals surface area contributed by atoms with Gasteiger partial charge in [-0.25, -0.2) is 4.39 Å². The van der Waals surface area contributed by atoms with Crippen molar-refractivity contribution in [3.05, 3.63) is 39.7 Å². The fourth-order valence-corrected chi connectivity index (χ4v) is 1.23. The van der Waals surface area contributed by atoms with Crippen molar-refractivity contribution in [1.82, 2.24) is 5.32 Å². The Hall–Kier alpha value is -1.73. The van der Waals surface area contributed by atoms with Crippen molar-refractivity contribution in [1.29, 1.82) is 0 Å². The quantitative estimate of drug-likeness (QED) is 0.650. The highest BCUT2D eigenvalue weighted by Gasteiger charge is 2.22. The van der Waals surface area contributed by atoms with Crippen molar-refractivity contribution >= 4 is 24.0 Å². The van der Waals surface area contributed by atoms with Gasteiger partial charge in [0.15, 0.2) is 0 Å². The first-order valence-electron chi connectivity index (χ1n) is 5.23. The summed E-state index contributed by atoms with van der Waals surface area (Å²) in [6.45, 7) is 3.57. The van der Waals surface area contributed by atoms with Gasteiger partial charge >= 0.3 is 0 Å². The SMILES string of the molecule is CC(C)(CN)NC(=O)c1ccc([N+](=O)[O-])cc1F.Cl. The normalized spacial score (nSPS) is 10.5. The summed E-state index contributed by atoms with van der Waals surface area (Å²) in [7, 11) is 0. The van der Waals surface area contributed by atoms with Crippen LogP contribution >= 0.6 is 12.4 Å². The molecule has 1 aromatic carbocycles. The Balaban J connectivity index is 0.00000324. The van der Waals surface area contributed by atoms with Crippen LogP contribution in [0.5, 0.6) is 0 Å².